The molecule has 8 heteroatoms. The summed E-state index contributed by atoms with van der Waals surface area (Å²) in [5.41, 5.74) is 1.02. The molecule has 7 nitrogen and oxygen atoms in total. The van der Waals surface area contributed by atoms with Crippen molar-refractivity contribution in [1.82, 2.24) is 15.0 Å². The quantitative estimate of drug-likeness (QED) is 0.833. The molecule has 24 heavy (non-hydrogen) atoms. The van der Waals surface area contributed by atoms with E-state index in [1.165, 1.54) is 0 Å². The molecule has 0 aromatic carbocycles. The number of morpholine rings is 1. The third kappa shape index (κ3) is 3.29. The molecule has 2 fully saturated rings. The summed E-state index contributed by atoms with van der Waals surface area (Å²) in [4.78, 5) is 20.8. The van der Waals surface area contributed by atoms with Gasteiger partial charge in [-0.1, -0.05) is 0 Å². The van der Waals surface area contributed by atoms with Crippen LogP contribution in [0.3, 0.4) is 0 Å². The van der Waals surface area contributed by atoms with Crippen molar-refractivity contribution in [2.75, 3.05) is 67.2 Å². The Balaban J connectivity index is 1.47. The summed E-state index contributed by atoms with van der Waals surface area (Å²) < 4.78 is 5.44. The zero-order valence-corrected chi connectivity index (χ0v) is 14.7. The normalized spacial score (nSPS) is 19.0. The van der Waals surface area contributed by atoms with Gasteiger partial charge >= 0.3 is 0 Å². The molecule has 2 aliphatic heterocycles. The van der Waals surface area contributed by atoms with Crippen molar-refractivity contribution < 1.29 is 4.74 Å². The van der Waals surface area contributed by atoms with Gasteiger partial charge in [0.1, 0.15) is 5.82 Å². The summed E-state index contributed by atoms with van der Waals surface area (Å²) in [7, 11) is 0. The first-order chi connectivity index (χ1) is 11.8. The first-order valence-corrected chi connectivity index (χ1v) is 9.25. The van der Waals surface area contributed by atoms with Crippen LogP contribution in [0.1, 0.15) is 5.69 Å². The SMILES string of the molecule is Cc1cc(N2CCOCC2)nc(N2CCN(c3nccs3)CC2)n1. The number of nitrogens with zero attached hydrogens (tertiary/aromatic N) is 6. The predicted octanol–water partition coefficient (Wildman–Crippen LogP) is 1.40. The Morgan fingerprint density at radius 3 is 2.42 bits per heavy atom. The van der Waals surface area contributed by atoms with Gasteiger partial charge < -0.3 is 19.4 Å². The Bertz CT molecular complexity index is 665. The smallest absolute Gasteiger partial charge is 0.227 e. The molecule has 0 atom stereocenters. The molecule has 2 saturated heterocycles. The van der Waals surface area contributed by atoms with E-state index in [0.29, 0.717) is 0 Å². The number of hydrogen-bond acceptors (Lipinski definition) is 8. The van der Waals surface area contributed by atoms with Crippen molar-refractivity contribution in [3.8, 4) is 0 Å². The molecule has 2 aromatic heterocycles. The molecular formula is C16H22N6OS. The Kier molecular flexibility index (Phi) is 4.48. The molecule has 0 spiro atoms. The van der Waals surface area contributed by atoms with Crippen LogP contribution in [0.25, 0.3) is 0 Å². The number of hydrogen-bond donors (Lipinski definition) is 0. The highest BCUT2D eigenvalue weighted by atomic mass is 32.1. The van der Waals surface area contributed by atoms with E-state index in [4.69, 9.17) is 9.72 Å². The molecular weight excluding hydrogens is 324 g/mol. The van der Waals surface area contributed by atoms with Crippen molar-refractivity contribution in [2.45, 2.75) is 6.92 Å². The zero-order chi connectivity index (χ0) is 16.4. The average Bonchev–Trinajstić information content (AvgIpc) is 3.17. The van der Waals surface area contributed by atoms with Gasteiger partial charge in [0.05, 0.1) is 13.2 Å². The van der Waals surface area contributed by atoms with E-state index in [-0.39, 0.29) is 0 Å². The number of thiazole rings is 1. The number of anilines is 3. The minimum Gasteiger partial charge on any atom is -0.378 e. The van der Waals surface area contributed by atoms with Crippen molar-refractivity contribution in [3.63, 3.8) is 0 Å². The van der Waals surface area contributed by atoms with Crippen LogP contribution in [0.5, 0.6) is 0 Å². The largest absolute Gasteiger partial charge is 0.378 e. The van der Waals surface area contributed by atoms with E-state index in [9.17, 15) is 0 Å². The fourth-order valence-corrected chi connectivity index (χ4v) is 3.80. The lowest BCUT2D eigenvalue weighted by atomic mass is 10.3. The molecule has 128 valence electrons. The minimum atomic E-state index is 0.769. The van der Waals surface area contributed by atoms with Crippen LogP contribution >= 0.6 is 11.3 Å². The maximum Gasteiger partial charge on any atom is 0.227 e. The topological polar surface area (TPSA) is 57.6 Å². The van der Waals surface area contributed by atoms with Crippen molar-refractivity contribution in [2.24, 2.45) is 0 Å². The van der Waals surface area contributed by atoms with Gasteiger partial charge in [-0.25, -0.2) is 9.97 Å². The Hall–Kier alpha value is -1.93. The number of rotatable bonds is 3. The maximum absolute atomic E-state index is 5.44. The average molecular weight is 346 g/mol. The molecule has 0 radical (unpaired) electrons. The van der Waals surface area contributed by atoms with Crippen LogP contribution in [0, 0.1) is 6.92 Å². The first-order valence-electron chi connectivity index (χ1n) is 8.37. The lowest BCUT2D eigenvalue weighted by Gasteiger charge is -2.35. The Morgan fingerprint density at radius 1 is 0.958 bits per heavy atom. The fourth-order valence-electron chi connectivity index (χ4n) is 3.10. The highest BCUT2D eigenvalue weighted by Gasteiger charge is 2.22. The van der Waals surface area contributed by atoms with Gasteiger partial charge in [-0.15, -0.1) is 11.3 Å². The van der Waals surface area contributed by atoms with Gasteiger partial charge in [0, 0.05) is 62.6 Å². The van der Waals surface area contributed by atoms with Gasteiger partial charge in [0.25, 0.3) is 0 Å². The summed E-state index contributed by atoms with van der Waals surface area (Å²) in [5.74, 6) is 1.86. The highest BCUT2D eigenvalue weighted by Crippen LogP contribution is 2.22. The molecule has 0 saturated carbocycles. The second-order valence-corrected chi connectivity index (χ2v) is 6.93. The second kappa shape index (κ2) is 6.90. The van der Waals surface area contributed by atoms with E-state index in [0.717, 1.165) is 75.1 Å². The Morgan fingerprint density at radius 2 is 1.71 bits per heavy atom. The summed E-state index contributed by atoms with van der Waals surface area (Å²) >= 11 is 1.70. The Labute approximate surface area is 145 Å². The minimum absolute atomic E-state index is 0.769. The lowest BCUT2D eigenvalue weighted by molar-refractivity contribution is 0.122. The number of ether oxygens (including phenoxy) is 1. The van der Waals surface area contributed by atoms with Gasteiger partial charge in [-0.05, 0) is 6.92 Å². The molecule has 0 unspecified atom stereocenters. The first kappa shape index (κ1) is 15.6. The molecule has 2 aromatic rings. The van der Waals surface area contributed by atoms with Crippen LogP contribution in [0.15, 0.2) is 17.6 Å². The molecule has 4 heterocycles. The third-order valence-corrected chi connectivity index (χ3v) is 5.25. The summed E-state index contributed by atoms with van der Waals surface area (Å²) in [5, 5.41) is 3.13. The molecule has 2 aliphatic rings. The van der Waals surface area contributed by atoms with E-state index < -0.39 is 0 Å². The fraction of sp³-hybridized carbons (Fsp3) is 0.562. The summed E-state index contributed by atoms with van der Waals surface area (Å²) in [6.07, 6.45) is 1.87. The van der Waals surface area contributed by atoms with Crippen molar-refractivity contribution in [3.05, 3.63) is 23.3 Å². The van der Waals surface area contributed by atoms with Gasteiger partial charge in [-0.3, -0.25) is 0 Å². The standard InChI is InChI=1S/C16H22N6OS/c1-13-12-14(20-7-9-23-10-8-20)19-15(18-13)21-3-5-22(6-4-21)16-17-2-11-24-16/h2,11-12H,3-10H2,1H3. The lowest BCUT2D eigenvalue weighted by Crippen LogP contribution is -2.47. The van der Waals surface area contributed by atoms with Gasteiger partial charge in [0.2, 0.25) is 5.95 Å². The molecule has 4 rings (SSSR count). The molecule has 0 N–H and O–H groups in total. The zero-order valence-electron chi connectivity index (χ0n) is 13.9. The molecule has 0 amide bonds. The number of aromatic nitrogens is 3. The van der Waals surface area contributed by atoms with Crippen molar-refractivity contribution >= 4 is 28.2 Å². The summed E-state index contributed by atoms with van der Waals surface area (Å²) in [6.45, 7) is 9.13. The number of piperazine rings is 1. The van der Waals surface area contributed by atoms with E-state index in [2.05, 4.69) is 30.7 Å². The van der Waals surface area contributed by atoms with Crippen LogP contribution in [-0.4, -0.2) is 67.4 Å². The molecule has 0 aliphatic carbocycles. The van der Waals surface area contributed by atoms with Gasteiger partial charge in [0.15, 0.2) is 5.13 Å². The van der Waals surface area contributed by atoms with Crippen LogP contribution < -0.4 is 14.7 Å². The van der Waals surface area contributed by atoms with Crippen LogP contribution in [0.2, 0.25) is 0 Å². The van der Waals surface area contributed by atoms with E-state index in [1.54, 1.807) is 11.3 Å². The predicted molar refractivity (Wildman–Crippen MR) is 96.3 cm³/mol. The van der Waals surface area contributed by atoms with E-state index >= 15 is 0 Å². The molecule has 0 bridgehead atoms. The van der Waals surface area contributed by atoms with Gasteiger partial charge in [-0.2, -0.15) is 4.98 Å². The summed E-state index contributed by atoms with van der Waals surface area (Å²) in [6, 6.07) is 2.07. The highest BCUT2D eigenvalue weighted by molar-refractivity contribution is 7.13. The number of aryl methyl sites for hydroxylation is 1. The monoisotopic (exact) mass is 346 g/mol. The maximum atomic E-state index is 5.44. The van der Waals surface area contributed by atoms with Crippen molar-refractivity contribution in [1.29, 1.82) is 0 Å². The second-order valence-electron chi connectivity index (χ2n) is 6.06. The third-order valence-electron chi connectivity index (χ3n) is 4.42. The van der Waals surface area contributed by atoms with Crippen LogP contribution in [0.4, 0.5) is 16.9 Å². The van der Waals surface area contributed by atoms with E-state index in [1.807, 2.05) is 18.5 Å². The van der Waals surface area contributed by atoms with Crippen LogP contribution in [-0.2, 0) is 4.74 Å².